The smallest absolute Gasteiger partial charge is 0.213 e. The van der Waals surface area contributed by atoms with Crippen molar-refractivity contribution < 1.29 is 0 Å². The Morgan fingerprint density at radius 3 is 2.47 bits per heavy atom. The van der Waals surface area contributed by atoms with E-state index in [2.05, 4.69) is 36.1 Å². The molecule has 0 unspecified atom stereocenters. The summed E-state index contributed by atoms with van der Waals surface area (Å²) in [7, 11) is 0. The molecule has 1 aromatic rings. The number of rotatable bonds is 4. The highest BCUT2D eigenvalue weighted by molar-refractivity contribution is 5.82. The number of nitrogens with two attached hydrogens (primary N) is 1. The van der Waals surface area contributed by atoms with E-state index in [0.29, 0.717) is 11.9 Å². The van der Waals surface area contributed by atoms with Gasteiger partial charge in [0.25, 0.3) is 0 Å². The number of nitrogens with one attached hydrogen (secondary N) is 1. The van der Waals surface area contributed by atoms with Crippen molar-refractivity contribution in [2.75, 3.05) is 13.1 Å². The van der Waals surface area contributed by atoms with Gasteiger partial charge < -0.3 is 4.90 Å². The first kappa shape index (κ1) is 13.5. The second kappa shape index (κ2) is 6.91. The van der Waals surface area contributed by atoms with Gasteiger partial charge in [-0.25, -0.2) is 10.8 Å². The van der Waals surface area contributed by atoms with Gasteiger partial charge in [-0.2, -0.15) is 0 Å². The van der Waals surface area contributed by atoms with Gasteiger partial charge in [0.05, 0.1) is 5.69 Å². The van der Waals surface area contributed by atoms with Crippen molar-refractivity contribution in [3.8, 4) is 0 Å². The van der Waals surface area contributed by atoms with Crippen molar-refractivity contribution in [2.45, 2.75) is 20.8 Å². The Labute approximate surface area is 104 Å². The lowest BCUT2D eigenvalue weighted by Gasteiger charge is -2.25. The van der Waals surface area contributed by atoms with Crippen molar-refractivity contribution in [3.05, 3.63) is 30.3 Å². The van der Waals surface area contributed by atoms with Gasteiger partial charge in [0.15, 0.2) is 0 Å². The molecule has 0 aliphatic rings. The van der Waals surface area contributed by atoms with Crippen LogP contribution in [0.1, 0.15) is 20.8 Å². The number of guanidine groups is 1. The molecule has 0 atom stereocenters. The lowest BCUT2D eigenvalue weighted by atomic mass is 10.2. The monoisotopic (exact) mass is 234 g/mol. The summed E-state index contributed by atoms with van der Waals surface area (Å²) in [4.78, 5) is 6.64. The molecule has 1 rings (SSSR count). The number of aliphatic imine (C=N–C) groups is 1. The van der Waals surface area contributed by atoms with Gasteiger partial charge in [-0.1, -0.05) is 32.0 Å². The second-order valence-corrected chi connectivity index (χ2v) is 4.35. The van der Waals surface area contributed by atoms with Gasteiger partial charge in [-0.15, -0.1) is 0 Å². The molecule has 4 nitrogen and oxygen atoms in total. The van der Waals surface area contributed by atoms with E-state index in [1.54, 1.807) is 0 Å². The maximum Gasteiger partial charge on any atom is 0.213 e. The molecule has 0 aliphatic heterocycles. The third kappa shape index (κ3) is 4.44. The van der Waals surface area contributed by atoms with E-state index in [1.165, 1.54) is 0 Å². The van der Waals surface area contributed by atoms with Crippen molar-refractivity contribution >= 4 is 11.6 Å². The van der Waals surface area contributed by atoms with E-state index in [0.717, 1.165) is 18.8 Å². The summed E-state index contributed by atoms with van der Waals surface area (Å²) >= 11 is 0. The molecule has 0 saturated heterocycles. The molecule has 0 bridgehead atoms. The zero-order chi connectivity index (χ0) is 12.7. The van der Waals surface area contributed by atoms with Gasteiger partial charge in [0, 0.05) is 13.1 Å². The van der Waals surface area contributed by atoms with Crippen LogP contribution in [-0.2, 0) is 0 Å². The molecule has 0 saturated carbocycles. The first-order valence-corrected chi connectivity index (χ1v) is 6.02. The van der Waals surface area contributed by atoms with Gasteiger partial charge >= 0.3 is 0 Å². The van der Waals surface area contributed by atoms with Crippen molar-refractivity contribution in [1.82, 2.24) is 10.3 Å². The van der Waals surface area contributed by atoms with Gasteiger partial charge in [-0.05, 0) is 25.0 Å². The molecule has 0 spiro atoms. The van der Waals surface area contributed by atoms with E-state index in [1.807, 2.05) is 30.3 Å². The highest BCUT2D eigenvalue weighted by Gasteiger charge is 2.09. The van der Waals surface area contributed by atoms with Gasteiger partial charge in [-0.3, -0.25) is 5.43 Å². The first-order chi connectivity index (χ1) is 8.17. The molecule has 94 valence electrons. The van der Waals surface area contributed by atoms with Crippen LogP contribution in [-0.4, -0.2) is 23.9 Å². The summed E-state index contributed by atoms with van der Waals surface area (Å²) in [6.45, 7) is 8.28. The fourth-order valence-corrected chi connectivity index (χ4v) is 1.63. The normalized spacial score (nSPS) is 11.7. The quantitative estimate of drug-likeness (QED) is 0.363. The fraction of sp³-hybridized carbons (Fsp3) is 0.462. The Kier molecular flexibility index (Phi) is 5.49. The predicted octanol–water partition coefficient (Wildman–Crippen LogP) is 2.12. The van der Waals surface area contributed by atoms with E-state index >= 15 is 0 Å². The minimum absolute atomic E-state index is 0.573. The Morgan fingerprint density at radius 1 is 1.35 bits per heavy atom. The summed E-state index contributed by atoms with van der Waals surface area (Å²) in [6, 6.07) is 9.82. The lowest BCUT2D eigenvalue weighted by molar-refractivity contribution is 0.370. The highest BCUT2D eigenvalue weighted by Crippen LogP contribution is 2.11. The van der Waals surface area contributed by atoms with E-state index < -0.39 is 0 Å². The standard InChI is InChI=1S/C13H22N4/c1-4-17(10-11(2)3)13(16-14)15-12-8-6-5-7-9-12/h5-9,11H,4,10,14H2,1-3H3,(H,15,16). The number of hydrogen-bond acceptors (Lipinski definition) is 2. The molecule has 17 heavy (non-hydrogen) atoms. The number of hydrogen-bond donors (Lipinski definition) is 2. The Balaban J connectivity index is 2.85. The van der Waals surface area contributed by atoms with Crippen LogP contribution in [0, 0.1) is 5.92 Å². The molecule has 1 aromatic carbocycles. The molecule has 3 N–H and O–H groups in total. The zero-order valence-electron chi connectivity index (χ0n) is 10.9. The molecule has 0 amide bonds. The number of benzene rings is 1. The average Bonchev–Trinajstić information content (AvgIpc) is 2.34. The molecular weight excluding hydrogens is 212 g/mol. The van der Waals surface area contributed by atoms with E-state index in [-0.39, 0.29) is 0 Å². The Hall–Kier alpha value is -1.55. The molecule has 0 aliphatic carbocycles. The molecule has 0 heterocycles. The maximum absolute atomic E-state index is 5.55. The van der Waals surface area contributed by atoms with Crippen molar-refractivity contribution in [2.24, 2.45) is 16.8 Å². The van der Waals surface area contributed by atoms with Gasteiger partial charge in [0.1, 0.15) is 0 Å². The van der Waals surface area contributed by atoms with Crippen LogP contribution in [0.3, 0.4) is 0 Å². The summed E-state index contributed by atoms with van der Waals surface area (Å²) in [5.74, 6) is 6.84. The van der Waals surface area contributed by atoms with Gasteiger partial charge in [0.2, 0.25) is 5.96 Å². The first-order valence-electron chi connectivity index (χ1n) is 6.02. The van der Waals surface area contributed by atoms with E-state index in [4.69, 9.17) is 5.84 Å². The largest absolute Gasteiger partial charge is 0.342 e. The average molecular weight is 234 g/mol. The number of nitrogens with zero attached hydrogens (tertiary/aromatic N) is 2. The van der Waals surface area contributed by atoms with Crippen LogP contribution in [0.15, 0.2) is 35.3 Å². The fourth-order valence-electron chi connectivity index (χ4n) is 1.63. The van der Waals surface area contributed by atoms with E-state index in [9.17, 15) is 0 Å². The molecule has 4 heteroatoms. The zero-order valence-corrected chi connectivity index (χ0v) is 10.9. The highest BCUT2D eigenvalue weighted by atomic mass is 15.4. The minimum atomic E-state index is 0.573. The second-order valence-electron chi connectivity index (χ2n) is 4.35. The summed E-state index contributed by atoms with van der Waals surface area (Å²) in [5, 5.41) is 0. The van der Waals surface area contributed by atoms with Crippen LogP contribution in [0.4, 0.5) is 5.69 Å². The van der Waals surface area contributed by atoms with Crippen LogP contribution < -0.4 is 11.3 Å². The molecular formula is C13H22N4. The summed E-state index contributed by atoms with van der Waals surface area (Å²) in [6.07, 6.45) is 0. The molecule has 0 fully saturated rings. The predicted molar refractivity (Wildman–Crippen MR) is 72.9 cm³/mol. The molecule has 0 radical (unpaired) electrons. The lowest BCUT2D eigenvalue weighted by Crippen LogP contribution is -2.46. The van der Waals surface area contributed by atoms with Crippen molar-refractivity contribution in [1.29, 1.82) is 0 Å². The minimum Gasteiger partial charge on any atom is -0.342 e. The summed E-state index contributed by atoms with van der Waals surface area (Å²) in [5.41, 5.74) is 3.59. The summed E-state index contributed by atoms with van der Waals surface area (Å²) < 4.78 is 0. The Bertz CT molecular complexity index is 346. The number of hydrazine groups is 1. The van der Waals surface area contributed by atoms with Crippen LogP contribution >= 0.6 is 0 Å². The third-order valence-corrected chi connectivity index (χ3v) is 2.39. The molecule has 0 aromatic heterocycles. The number of para-hydroxylation sites is 1. The Morgan fingerprint density at radius 2 is 2.00 bits per heavy atom. The van der Waals surface area contributed by atoms with Crippen LogP contribution in [0.2, 0.25) is 0 Å². The van der Waals surface area contributed by atoms with Crippen LogP contribution in [0.25, 0.3) is 0 Å². The van der Waals surface area contributed by atoms with Crippen molar-refractivity contribution in [3.63, 3.8) is 0 Å². The maximum atomic E-state index is 5.55. The third-order valence-electron chi connectivity index (χ3n) is 2.39. The van der Waals surface area contributed by atoms with Crippen LogP contribution in [0.5, 0.6) is 0 Å². The SMILES string of the molecule is CCN(CC(C)C)C(=Nc1ccccc1)NN. The topological polar surface area (TPSA) is 53.6 Å².